The molecule has 0 saturated heterocycles. The molecule has 0 aliphatic carbocycles. The molecule has 25 heavy (non-hydrogen) atoms. The summed E-state index contributed by atoms with van der Waals surface area (Å²) < 4.78 is 1.65. The largest absolute Gasteiger partial charge is 0.481 e. The van der Waals surface area contributed by atoms with E-state index in [4.69, 9.17) is 5.11 Å². The van der Waals surface area contributed by atoms with Crippen LogP contribution in [0.2, 0.25) is 0 Å². The molecule has 1 aromatic heterocycles. The van der Waals surface area contributed by atoms with Gasteiger partial charge in [-0.15, -0.1) is 0 Å². The molecule has 0 aliphatic rings. The Hall–Kier alpha value is -2.28. The number of nitrogens with one attached hydrogen (secondary N) is 1. The number of aryl methyl sites for hydroxylation is 1. The standard InChI is InChI=1S/C18H23N3O3S/c1-12(2)17-15(10-21(3)20-17)18(24)19-14-6-4-5-13(9-14)11-25-8-7-16(22)23/h4-6,9-10,12H,7-8,11H2,1-3H3,(H,19,24)(H,22,23). The van der Waals surface area contributed by atoms with E-state index in [1.165, 1.54) is 0 Å². The lowest BCUT2D eigenvalue weighted by Gasteiger charge is -2.08. The van der Waals surface area contributed by atoms with Crippen LogP contribution in [0.4, 0.5) is 5.69 Å². The fourth-order valence-corrected chi connectivity index (χ4v) is 3.27. The summed E-state index contributed by atoms with van der Waals surface area (Å²) in [7, 11) is 1.80. The third kappa shape index (κ3) is 5.63. The van der Waals surface area contributed by atoms with Crippen LogP contribution in [0.5, 0.6) is 0 Å². The van der Waals surface area contributed by atoms with Crippen molar-refractivity contribution in [1.29, 1.82) is 0 Å². The van der Waals surface area contributed by atoms with Gasteiger partial charge in [0.1, 0.15) is 0 Å². The van der Waals surface area contributed by atoms with E-state index in [0.717, 1.165) is 16.9 Å². The van der Waals surface area contributed by atoms with Crippen LogP contribution in [0.1, 0.15) is 47.8 Å². The smallest absolute Gasteiger partial charge is 0.304 e. The summed E-state index contributed by atoms with van der Waals surface area (Å²) >= 11 is 1.56. The average Bonchev–Trinajstić information content (AvgIpc) is 2.94. The number of thioether (sulfide) groups is 1. The summed E-state index contributed by atoms with van der Waals surface area (Å²) in [6.45, 7) is 4.02. The third-order valence-corrected chi connectivity index (χ3v) is 4.59. The first kappa shape index (κ1) is 19.1. The number of carboxylic acid groups (broad SMARTS) is 1. The van der Waals surface area contributed by atoms with Crippen LogP contribution >= 0.6 is 11.8 Å². The van der Waals surface area contributed by atoms with Crippen molar-refractivity contribution in [1.82, 2.24) is 9.78 Å². The summed E-state index contributed by atoms with van der Waals surface area (Å²) in [6.07, 6.45) is 1.89. The van der Waals surface area contributed by atoms with Gasteiger partial charge in [-0.2, -0.15) is 16.9 Å². The lowest BCUT2D eigenvalue weighted by atomic mass is 10.1. The predicted molar refractivity (Wildman–Crippen MR) is 100 cm³/mol. The molecule has 2 aromatic rings. The van der Waals surface area contributed by atoms with E-state index < -0.39 is 5.97 Å². The Morgan fingerprint density at radius 2 is 2.12 bits per heavy atom. The van der Waals surface area contributed by atoms with E-state index in [-0.39, 0.29) is 18.2 Å². The highest BCUT2D eigenvalue weighted by Crippen LogP contribution is 2.21. The number of hydrogen-bond donors (Lipinski definition) is 2. The monoisotopic (exact) mass is 361 g/mol. The minimum Gasteiger partial charge on any atom is -0.481 e. The van der Waals surface area contributed by atoms with Crippen molar-refractivity contribution in [3.8, 4) is 0 Å². The maximum absolute atomic E-state index is 12.6. The Kier molecular flexibility index (Phi) is 6.64. The predicted octanol–water partition coefficient (Wildman–Crippen LogP) is 3.50. The summed E-state index contributed by atoms with van der Waals surface area (Å²) in [5.74, 6) is 0.484. The van der Waals surface area contributed by atoms with Gasteiger partial charge in [0.15, 0.2) is 0 Å². The Labute approximate surface area is 151 Å². The molecule has 2 rings (SSSR count). The van der Waals surface area contributed by atoms with E-state index >= 15 is 0 Å². The fourth-order valence-electron chi connectivity index (χ4n) is 2.39. The number of carbonyl (C=O) groups is 2. The molecule has 2 N–H and O–H groups in total. The van der Waals surface area contributed by atoms with Crippen LogP contribution in [0.3, 0.4) is 0 Å². The van der Waals surface area contributed by atoms with Gasteiger partial charge in [0, 0.05) is 30.4 Å². The lowest BCUT2D eigenvalue weighted by Crippen LogP contribution is -2.13. The van der Waals surface area contributed by atoms with Crippen molar-refractivity contribution >= 4 is 29.3 Å². The average molecular weight is 361 g/mol. The highest BCUT2D eigenvalue weighted by atomic mass is 32.2. The molecule has 0 atom stereocenters. The van der Waals surface area contributed by atoms with E-state index in [0.29, 0.717) is 17.1 Å². The maximum Gasteiger partial charge on any atom is 0.304 e. The first-order valence-corrected chi connectivity index (χ1v) is 9.25. The number of nitrogens with zero attached hydrogens (tertiary/aromatic N) is 2. The van der Waals surface area contributed by atoms with Crippen molar-refractivity contribution in [3.05, 3.63) is 47.3 Å². The van der Waals surface area contributed by atoms with Crippen LogP contribution in [0, 0.1) is 0 Å². The molecule has 0 fully saturated rings. The number of carboxylic acids is 1. The van der Waals surface area contributed by atoms with Gasteiger partial charge in [0.2, 0.25) is 0 Å². The molecule has 1 heterocycles. The summed E-state index contributed by atoms with van der Waals surface area (Å²) in [6, 6.07) is 7.61. The number of carbonyl (C=O) groups excluding carboxylic acids is 1. The van der Waals surface area contributed by atoms with Gasteiger partial charge in [-0.25, -0.2) is 0 Å². The molecule has 0 radical (unpaired) electrons. The zero-order chi connectivity index (χ0) is 18.4. The minimum atomic E-state index is -0.786. The van der Waals surface area contributed by atoms with Gasteiger partial charge in [-0.1, -0.05) is 26.0 Å². The molecule has 0 unspecified atom stereocenters. The topological polar surface area (TPSA) is 84.2 Å². The van der Waals surface area contributed by atoms with Crippen molar-refractivity contribution in [2.45, 2.75) is 31.9 Å². The van der Waals surface area contributed by atoms with Crippen molar-refractivity contribution in [3.63, 3.8) is 0 Å². The van der Waals surface area contributed by atoms with E-state index in [9.17, 15) is 9.59 Å². The summed E-state index contributed by atoms with van der Waals surface area (Å²) in [4.78, 5) is 23.1. The number of benzene rings is 1. The van der Waals surface area contributed by atoms with Crippen molar-refractivity contribution < 1.29 is 14.7 Å². The second-order valence-corrected chi connectivity index (χ2v) is 7.21. The highest BCUT2D eigenvalue weighted by Gasteiger charge is 2.18. The quantitative estimate of drug-likeness (QED) is 0.703. The summed E-state index contributed by atoms with van der Waals surface area (Å²) in [5.41, 5.74) is 3.13. The van der Waals surface area contributed by atoms with Gasteiger partial charge < -0.3 is 10.4 Å². The Morgan fingerprint density at radius 1 is 1.36 bits per heavy atom. The molecular weight excluding hydrogens is 338 g/mol. The van der Waals surface area contributed by atoms with Crippen LogP contribution in [-0.2, 0) is 17.6 Å². The Balaban J connectivity index is 2.02. The molecule has 0 aliphatic heterocycles. The normalized spacial score (nSPS) is 10.9. The molecular formula is C18H23N3O3S. The number of anilines is 1. The molecule has 6 nitrogen and oxygen atoms in total. The zero-order valence-electron chi connectivity index (χ0n) is 14.7. The Morgan fingerprint density at radius 3 is 2.80 bits per heavy atom. The van der Waals surface area contributed by atoms with Crippen molar-refractivity contribution in [2.75, 3.05) is 11.1 Å². The highest BCUT2D eigenvalue weighted by molar-refractivity contribution is 7.98. The van der Waals surface area contributed by atoms with Crippen molar-refractivity contribution in [2.24, 2.45) is 7.05 Å². The van der Waals surface area contributed by atoms with Gasteiger partial charge in [0.05, 0.1) is 17.7 Å². The first-order chi connectivity index (χ1) is 11.9. The SMILES string of the molecule is CC(C)c1nn(C)cc1C(=O)Nc1cccc(CSCCC(=O)O)c1. The second kappa shape index (κ2) is 8.71. The number of rotatable bonds is 8. The number of aliphatic carboxylic acids is 1. The van der Waals surface area contributed by atoms with E-state index in [1.807, 2.05) is 38.1 Å². The van der Waals surface area contributed by atoms with Gasteiger partial charge in [-0.3, -0.25) is 14.3 Å². The molecule has 1 amide bonds. The maximum atomic E-state index is 12.6. The van der Waals surface area contributed by atoms with Gasteiger partial charge in [-0.05, 0) is 23.6 Å². The number of aromatic nitrogens is 2. The molecule has 0 saturated carbocycles. The molecule has 1 aromatic carbocycles. The first-order valence-electron chi connectivity index (χ1n) is 8.10. The van der Waals surface area contributed by atoms with E-state index in [2.05, 4.69) is 10.4 Å². The third-order valence-electron chi connectivity index (χ3n) is 3.56. The number of hydrogen-bond acceptors (Lipinski definition) is 4. The van der Waals surface area contributed by atoms with Gasteiger partial charge >= 0.3 is 5.97 Å². The fraction of sp³-hybridized carbons (Fsp3) is 0.389. The molecule has 134 valence electrons. The second-order valence-electron chi connectivity index (χ2n) is 6.11. The summed E-state index contributed by atoms with van der Waals surface area (Å²) in [5, 5.41) is 15.9. The number of amides is 1. The molecule has 0 spiro atoms. The lowest BCUT2D eigenvalue weighted by molar-refractivity contribution is -0.136. The van der Waals surface area contributed by atoms with E-state index in [1.54, 1.807) is 29.7 Å². The molecule has 0 bridgehead atoms. The molecule has 7 heteroatoms. The van der Waals surface area contributed by atoms with Gasteiger partial charge in [0.25, 0.3) is 5.91 Å². The van der Waals surface area contributed by atoms with Crippen LogP contribution in [-0.4, -0.2) is 32.5 Å². The zero-order valence-corrected chi connectivity index (χ0v) is 15.5. The van der Waals surface area contributed by atoms with Crippen LogP contribution in [0.25, 0.3) is 0 Å². The Bertz CT molecular complexity index is 756. The van der Waals surface area contributed by atoms with Crippen LogP contribution in [0.15, 0.2) is 30.5 Å². The van der Waals surface area contributed by atoms with Crippen LogP contribution < -0.4 is 5.32 Å². The minimum absolute atomic E-state index is 0.153.